The van der Waals surface area contributed by atoms with Crippen LogP contribution in [0.2, 0.25) is 0 Å². The van der Waals surface area contributed by atoms with E-state index in [9.17, 15) is 0 Å². The lowest BCUT2D eigenvalue weighted by Crippen LogP contribution is -2.45. The number of nitrogens with one attached hydrogen (secondary N) is 1. The largest absolute Gasteiger partial charge is 0.343 e. The first-order valence-electron chi connectivity index (χ1n) is 6.16. The minimum atomic E-state index is 0.605. The van der Waals surface area contributed by atoms with E-state index in [4.69, 9.17) is 0 Å². The van der Waals surface area contributed by atoms with Crippen LogP contribution in [0.1, 0.15) is 32.6 Å². The van der Waals surface area contributed by atoms with E-state index in [-0.39, 0.29) is 0 Å². The molecular formula is C11H20N4S. The zero-order valence-corrected chi connectivity index (χ0v) is 10.7. The van der Waals surface area contributed by atoms with Crippen molar-refractivity contribution in [2.75, 3.05) is 24.5 Å². The van der Waals surface area contributed by atoms with Crippen LogP contribution in [0.5, 0.6) is 0 Å². The fraction of sp³-hybridized carbons (Fsp3) is 0.818. The summed E-state index contributed by atoms with van der Waals surface area (Å²) in [6.45, 7) is 5.53. The van der Waals surface area contributed by atoms with Crippen molar-refractivity contribution in [3.05, 3.63) is 6.33 Å². The topological polar surface area (TPSA) is 41.0 Å². The van der Waals surface area contributed by atoms with Crippen molar-refractivity contribution < 1.29 is 0 Å². The summed E-state index contributed by atoms with van der Waals surface area (Å²) in [6.07, 6.45) is 6.75. The lowest BCUT2D eigenvalue weighted by Gasteiger charge is -2.35. The number of aromatic nitrogens is 2. The van der Waals surface area contributed by atoms with Crippen molar-refractivity contribution in [1.29, 1.82) is 0 Å². The van der Waals surface area contributed by atoms with Gasteiger partial charge in [-0.1, -0.05) is 6.92 Å². The van der Waals surface area contributed by atoms with Crippen LogP contribution in [0, 0.1) is 0 Å². The Morgan fingerprint density at radius 3 is 3.25 bits per heavy atom. The highest BCUT2D eigenvalue weighted by atomic mass is 32.1. The lowest BCUT2D eigenvalue weighted by molar-refractivity contribution is 0.435. The van der Waals surface area contributed by atoms with E-state index in [2.05, 4.69) is 26.5 Å². The molecule has 0 aliphatic carbocycles. The summed E-state index contributed by atoms with van der Waals surface area (Å²) in [5.74, 6) is 0. The van der Waals surface area contributed by atoms with E-state index in [0.29, 0.717) is 6.04 Å². The highest BCUT2D eigenvalue weighted by Crippen LogP contribution is 2.24. The Kier molecular flexibility index (Phi) is 4.54. The second-order valence-corrected chi connectivity index (χ2v) is 5.03. The van der Waals surface area contributed by atoms with Crippen LogP contribution < -0.4 is 10.2 Å². The number of hydrogen-bond donors (Lipinski definition) is 1. The van der Waals surface area contributed by atoms with Crippen molar-refractivity contribution in [1.82, 2.24) is 14.7 Å². The van der Waals surface area contributed by atoms with Gasteiger partial charge in [-0.3, -0.25) is 0 Å². The van der Waals surface area contributed by atoms with Gasteiger partial charge in [-0.25, -0.2) is 4.98 Å². The van der Waals surface area contributed by atoms with Crippen LogP contribution in [0.3, 0.4) is 0 Å². The molecule has 1 atom stereocenters. The first kappa shape index (κ1) is 11.8. The predicted molar refractivity (Wildman–Crippen MR) is 68.1 cm³/mol. The Bertz CT molecular complexity index is 288. The van der Waals surface area contributed by atoms with Gasteiger partial charge in [-0.05, 0) is 32.2 Å². The van der Waals surface area contributed by atoms with E-state index in [1.807, 2.05) is 0 Å². The molecule has 90 valence electrons. The third-order valence-electron chi connectivity index (χ3n) is 3.03. The number of hydrogen-bond acceptors (Lipinski definition) is 5. The maximum absolute atomic E-state index is 4.32. The van der Waals surface area contributed by atoms with Crippen molar-refractivity contribution in [3.8, 4) is 0 Å². The van der Waals surface area contributed by atoms with Crippen LogP contribution in [-0.4, -0.2) is 35.0 Å². The van der Waals surface area contributed by atoms with Gasteiger partial charge in [0.1, 0.15) is 6.33 Å². The second-order valence-electron chi connectivity index (χ2n) is 4.27. The minimum Gasteiger partial charge on any atom is -0.343 e. The normalized spacial score (nSPS) is 21.3. The second kappa shape index (κ2) is 6.15. The van der Waals surface area contributed by atoms with Gasteiger partial charge in [-0.2, -0.15) is 4.37 Å². The summed E-state index contributed by atoms with van der Waals surface area (Å²) in [6, 6.07) is 0.605. The van der Waals surface area contributed by atoms with Crippen LogP contribution >= 0.6 is 11.5 Å². The van der Waals surface area contributed by atoms with Crippen LogP contribution in [0.15, 0.2) is 6.33 Å². The molecule has 16 heavy (non-hydrogen) atoms. The quantitative estimate of drug-likeness (QED) is 0.798. The van der Waals surface area contributed by atoms with E-state index >= 15 is 0 Å². The molecule has 0 radical (unpaired) electrons. The molecular weight excluding hydrogens is 220 g/mol. The maximum atomic E-state index is 4.32. The molecule has 0 saturated carbocycles. The van der Waals surface area contributed by atoms with Gasteiger partial charge in [0.25, 0.3) is 0 Å². The van der Waals surface area contributed by atoms with Gasteiger partial charge in [-0.15, -0.1) is 0 Å². The predicted octanol–water partition coefficient (Wildman–Crippen LogP) is 1.90. The van der Waals surface area contributed by atoms with Crippen LogP contribution in [0.4, 0.5) is 5.13 Å². The average molecular weight is 240 g/mol. The summed E-state index contributed by atoms with van der Waals surface area (Å²) in [5, 5.41) is 4.60. The SMILES string of the molecule is CCCNCC1CCCCN1c1ncns1. The van der Waals surface area contributed by atoms with Crippen molar-refractivity contribution >= 4 is 16.7 Å². The van der Waals surface area contributed by atoms with Gasteiger partial charge in [0.05, 0.1) is 0 Å². The molecule has 4 nitrogen and oxygen atoms in total. The third-order valence-corrected chi connectivity index (χ3v) is 3.73. The van der Waals surface area contributed by atoms with E-state index in [0.717, 1.165) is 24.8 Å². The summed E-state index contributed by atoms with van der Waals surface area (Å²) in [4.78, 5) is 6.74. The highest BCUT2D eigenvalue weighted by Gasteiger charge is 2.23. The Labute approximate surface area is 101 Å². The molecule has 1 unspecified atom stereocenters. The first-order valence-corrected chi connectivity index (χ1v) is 6.93. The molecule has 2 rings (SSSR count). The van der Waals surface area contributed by atoms with E-state index < -0.39 is 0 Å². The molecule has 2 heterocycles. The van der Waals surface area contributed by atoms with Crippen molar-refractivity contribution in [2.24, 2.45) is 0 Å². The van der Waals surface area contributed by atoms with Gasteiger partial charge in [0.2, 0.25) is 5.13 Å². The summed E-state index contributed by atoms with van der Waals surface area (Å²) in [5.41, 5.74) is 0. The highest BCUT2D eigenvalue weighted by molar-refractivity contribution is 7.09. The fourth-order valence-corrected chi connectivity index (χ4v) is 2.83. The molecule has 1 fully saturated rings. The zero-order valence-electron chi connectivity index (χ0n) is 9.85. The molecule has 5 heteroatoms. The molecule has 0 aromatic carbocycles. The average Bonchev–Trinajstić information content (AvgIpc) is 2.83. The third kappa shape index (κ3) is 2.92. The Balaban J connectivity index is 1.92. The monoisotopic (exact) mass is 240 g/mol. The van der Waals surface area contributed by atoms with Crippen LogP contribution in [0.25, 0.3) is 0 Å². The molecule has 0 bridgehead atoms. The molecule has 1 aromatic heterocycles. The molecule has 1 aliphatic rings. The summed E-state index contributed by atoms with van der Waals surface area (Å²) < 4.78 is 4.10. The Hall–Kier alpha value is -0.680. The van der Waals surface area contributed by atoms with Gasteiger partial charge < -0.3 is 10.2 Å². The fourth-order valence-electron chi connectivity index (χ4n) is 2.20. The Morgan fingerprint density at radius 2 is 2.50 bits per heavy atom. The van der Waals surface area contributed by atoms with Gasteiger partial charge >= 0.3 is 0 Å². The number of anilines is 1. The van der Waals surface area contributed by atoms with Crippen molar-refractivity contribution in [3.63, 3.8) is 0 Å². The lowest BCUT2D eigenvalue weighted by atomic mass is 10.0. The number of piperidine rings is 1. The van der Waals surface area contributed by atoms with Crippen LogP contribution in [-0.2, 0) is 0 Å². The number of rotatable bonds is 5. The molecule has 1 aromatic rings. The molecule has 1 N–H and O–H groups in total. The zero-order chi connectivity index (χ0) is 11.2. The standard InChI is InChI=1S/C11H20N4S/c1-2-6-12-8-10-5-3-4-7-15(10)11-13-9-14-16-11/h9-10,12H,2-8H2,1H3. The molecule has 0 spiro atoms. The summed E-state index contributed by atoms with van der Waals surface area (Å²) >= 11 is 1.51. The van der Waals surface area contributed by atoms with Crippen molar-refractivity contribution in [2.45, 2.75) is 38.6 Å². The summed E-state index contributed by atoms with van der Waals surface area (Å²) in [7, 11) is 0. The first-order chi connectivity index (χ1) is 7.92. The van der Waals surface area contributed by atoms with Gasteiger partial charge in [0, 0.05) is 30.7 Å². The number of nitrogens with zero attached hydrogens (tertiary/aromatic N) is 3. The molecule has 1 saturated heterocycles. The van der Waals surface area contributed by atoms with E-state index in [1.165, 1.54) is 37.2 Å². The molecule has 1 aliphatic heterocycles. The Morgan fingerprint density at radius 1 is 1.56 bits per heavy atom. The van der Waals surface area contributed by atoms with E-state index in [1.54, 1.807) is 6.33 Å². The maximum Gasteiger partial charge on any atom is 0.205 e. The molecule has 0 amide bonds. The minimum absolute atomic E-state index is 0.605. The smallest absolute Gasteiger partial charge is 0.205 e. The van der Waals surface area contributed by atoms with Gasteiger partial charge in [0.15, 0.2) is 0 Å².